The number of nitrogens with one attached hydrogen (secondary N) is 1. The minimum Gasteiger partial charge on any atom is -0.497 e. The molecule has 4 rings (SSSR count). The van der Waals surface area contributed by atoms with Gasteiger partial charge >= 0.3 is 5.97 Å². The third kappa shape index (κ3) is 7.03. The first-order valence-electron chi connectivity index (χ1n) is 13.1. The van der Waals surface area contributed by atoms with Crippen LogP contribution in [0, 0.1) is 6.92 Å². The van der Waals surface area contributed by atoms with Crippen LogP contribution in [-0.4, -0.2) is 38.7 Å². The van der Waals surface area contributed by atoms with Crippen molar-refractivity contribution in [2.75, 3.05) is 20.8 Å². The average Bonchev–Trinajstić information content (AvgIpc) is 3.18. The van der Waals surface area contributed by atoms with Crippen molar-refractivity contribution in [3.8, 4) is 11.5 Å². The summed E-state index contributed by atoms with van der Waals surface area (Å²) in [5, 5.41) is 5.17. The summed E-state index contributed by atoms with van der Waals surface area (Å²) >= 11 is 0. The minimum atomic E-state index is -0.267. The standard InChI is InChI=1S/C31H37NO5/c1-21-16-26(35-2)14-15-28(21)29(19-31(34)36-3)23-11-10-22-12-13-27(18-24(22)17-23)37-20-30(33)32-25-8-6-4-5-7-9-25/h10-18,25,29H,4-9,19-20H2,1-3H3,(H,32,33). The second-order valence-corrected chi connectivity index (χ2v) is 9.87. The molecule has 37 heavy (non-hydrogen) atoms. The van der Waals surface area contributed by atoms with Gasteiger partial charge in [-0.05, 0) is 71.5 Å². The van der Waals surface area contributed by atoms with Crippen molar-refractivity contribution < 1.29 is 23.8 Å². The molecule has 0 aromatic heterocycles. The minimum absolute atomic E-state index is 0.00228. The van der Waals surface area contributed by atoms with Crippen LogP contribution < -0.4 is 14.8 Å². The van der Waals surface area contributed by atoms with Crippen molar-refractivity contribution in [2.45, 2.75) is 63.8 Å². The number of esters is 1. The highest BCUT2D eigenvalue weighted by atomic mass is 16.5. The summed E-state index contributed by atoms with van der Waals surface area (Å²) in [7, 11) is 3.06. The second-order valence-electron chi connectivity index (χ2n) is 9.87. The number of fused-ring (bicyclic) bond motifs is 1. The maximum absolute atomic E-state index is 12.5. The topological polar surface area (TPSA) is 73.9 Å². The van der Waals surface area contributed by atoms with E-state index in [1.807, 2.05) is 43.3 Å². The predicted molar refractivity (Wildman–Crippen MR) is 145 cm³/mol. The Morgan fingerprint density at radius 2 is 1.62 bits per heavy atom. The third-order valence-electron chi connectivity index (χ3n) is 7.28. The number of carbonyl (C=O) groups is 2. The zero-order chi connectivity index (χ0) is 26.2. The smallest absolute Gasteiger partial charge is 0.306 e. The molecule has 196 valence electrons. The largest absolute Gasteiger partial charge is 0.497 e. The highest BCUT2D eigenvalue weighted by Gasteiger charge is 2.21. The molecule has 3 aromatic carbocycles. The van der Waals surface area contributed by atoms with Crippen LogP contribution in [0.25, 0.3) is 10.8 Å². The second kappa shape index (κ2) is 12.6. The highest BCUT2D eigenvalue weighted by molar-refractivity contribution is 5.85. The Hall–Kier alpha value is -3.54. The van der Waals surface area contributed by atoms with Crippen LogP contribution in [0.15, 0.2) is 54.6 Å². The zero-order valence-corrected chi connectivity index (χ0v) is 22.0. The fraction of sp³-hybridized carbons (Fsp3) is 0.419. The van der Waals surface area contributed by atoms with Crippen molar-refractivity contribution in [1.29, 1.82) is 0 Å². The summed E-state index contributed by atoms with van der Waals surface area (Å²) in [6.07, 6.45) is 7.17. The molecule has 6 heteroatoms. The molecule has 1 saturated carbocycles. The maximum atomic E-state index is 12.5. The molecular weight excluding hydrogens is 466 g/mol. The highest BCUT2D eigenvalue weighted by Crippen LogP contribution is 2.34. The lowest BCUT2D eigenvalue weighted by molar-refractivity contribution is -0.140. The Kier molecular flexibility index (Phi) is 9.04. The predicted octanol–water partition coefficient (Wildman–Crippen LogP) is 6.07. The number of amides is 1. The molecule has 1 unspecified atom stereocenters. The molecule has 0 bridgehead atoms. The molecule has 1 aliphatic rings. The van der Waals surface area contributed by atoms with Crippen molar-refractivity contribution >= 4 is 22.6 Å². The Labute approximate surface area is 219 Å². The van der Waals surface area contributed by atoms with Gasteiger partial charge in [0, 0.05) is 12.0 Å². The van der Waals surface area contributed by atoms with Crippen molar-refractivity contribution in [1.82, 2.24) is 5.32 Å². The first-order valence-corrected chi connectivity index (χ1v) is 13.1. The van der Waals surface area contributed by atoms with Crippen LogP contribution in [-0.2, 0) is 14.3 Å². The Morgan fingerprint density at radius 3 is 2.32 bits per heavy atom. The molecule has 0 aliphatic heterocycles. The normalized spacial score (nSPS) is 15.0. The molecule has 1 amide bonds. The maximum Gasteiger partial charge on any atom is 0.306 e. The van der Waals surface area contributed by atoms with Gasteiger partial charge in [-0.15, -0.1) is 0 Å². The van der Waals surface area contributed by atoms with E-state index in [-0.39, 0.29) is 36.9 Å². The summed E-state index contributed by atoms with van der Waals surface area (Å²) in [4.78, 5) is 24.8. The summed E-state index contributed by atoms with van der Waals surface area (Å²) in [6.45, 7) is 2.02. The molecule has 0 saturated heterocycles. The SMILES string of the molecule is COC(=O)CC(c1ccc2ccc(OCC(=O)NC3CCCCCC3)cc2c1)c1ccc(OC)cc1C. The van der Waals surface area contributed by atoms with Gasteiger partial charge in [0.2, 0.25) is 0 Å². The van der Waals surface area contributed by atoms with Gasteiger partial charge < -0.3 is 19.5 Å². The lowest BCUT2D eigenvalue weighted by atomic mass is 9.85. The molecule has 1 atom stereocenters. The number of benzene rings is 3. The summed E-state index contributed by atoms with van der Waals surface area (Å²) in [5.41, 5.74) is 3.10. The number of aryl methyl sites for hydroxylation is 1. The van der Waals surface area contributed by atoms with E-state index in [1.54, 1.807) is 7.11 Å². The first kappa shape index (κ1) is 26.5. The van der Waals surface area contributed by atoms with E-state index < -0.39 is 0 Å². The van der Waals surface area contributed by atoms with Crippen molar-refractivity contribution in [3.05, 3.63) is 71.3 Å². The van der Waals surface area contributed by atoms with E-state index in [0.29, 0.717) is 5.75 Å². The van der Waals surface area contributed by atoms with Crippen molar-refractivity contribution in [3.63, 3.8) is 0 Å². The Balaban J connectivity index is 1.53. The van der Waals surface area contributed by atoms with Gasteiger partial charge in [-0.3, -0.25) is 9.59 Å². The van der Waals surface area contributed by atoms with Gasteiger partial charge in [-0.1, -0.05) is 56.0 Å². The fourth-order valence-electron chi connectivity index (χ4n) is 5.22. The van der Waals surface area contributed by atoms with E-state index in [4.69, 9.17) is 14.2 Å². The third-order valence-corrected chi connectivity index (χ3v) is 7.28. The van der Waals surface area contributed by atoms with Crippen LogP contribution in [0.5, 0.6) is 11.5 Å². The van der Waals surface area contributed by atoms with Crippen LogP contribution >= 0.6 is 0 Å². The quantitative estimate of drug-likeness (QED) is 0.283. The van der Waals surface area contributed by atoms with E-state index in [1.165, 1.54) is 32.8 Å². The van der Waals surface area contributed by atoms with Crippen LogP contribution in [0.2, 0.25) is 0 Å². The number of methoxy groups -OCH3 is 2. The zero-order valence-electron chi connectivity index (χ0n) is 22.0. The van der Waals surface area contributed by atoms with Gasteiger partial charge in [0.05, 0.1) is 20.6 Å². The van der Waals surface area contributed by atoms with Gasteiger partial charge in [-0.2, -0.15) is 0 Å². The van der Waals surface area contributed by atoms with Gasteiger partial charge in [0.15, 0.2) is 6.61 Å². The molecule has 6 nitrogen and oxygen atoms in total. The van der Waals surface area contributed by atoms with Crippen LogP contribution in [0.3, 0.4) is 0 Å². The van der Waals surface area contributed by atoms with E-state index in [9.17, 15) is 9.59 Å². The van der Waals surface area contributed by atoms with Gasteiger partial charge in [0.1, 0.15) is 11.5 Å². The Bertz CT molecular complexity index is 1230. The molecule has 0 radical (unpaired) electrons. The van der Waals surface area contributed by atoms with Crippen LogP contribution in [0.1, 0.15) is 67.6 Å². The number of hydrogen-bond donors (Lipinski definition) is 1. The molecule has 0 heterocycles. The lowest BCUT2D eigenvalue weighted by Crippen LogP contribution is -2.37. The number of rotatable bonds is 9. The molecular formula is C31H37NO5. The number of carbonyl (C=O) groups excluding carboxylic acids is 2. The molecule has 1 aliphatic carbocycles. The monoisotopic (exact) mass is 503 g/mol. The van der Waals surface area contributed by atoms with Crippen LogP contribution in [0.4, 0.5) is 0 Å². The average molecular weight is 504 g/mol. The van der Waals surface area contributed by atoms with Gasteiger partial charge in [0.25, 0.3) is 5.91 Å². The molecule has 0 spiro atoms. The van der Waals surface area contributed by atoms with E-state index in [0.717, 1.165) is 46.1 Å². The number of ether oxygens (including phenoxy) is 3. The van der Waals surface area contributed by atoms with E-state index in [2.05, 4.69) is 23.5 Å². The molecule has 3 aromatic rings. The van der Waals surface area contributed by atoms with E-state index >= 15 is 0 Å². The van der Waals surface area contributed by atoms with Crippen molar-refractivity contribution in [2.24, 2.45) is 0 Å². The summed E-state index contributed by atoms with van der Waals surface area (Å²) < 4.78 is 16.2. The molecule has 1 N–H and O–H groups in total. The lowest BCUT2D eigenvalue weighted by Gasteiger charge is -2.20. The fourth-order valence-corrected chi connectivity index (χ4v) is 5.22. The van der Waals surface area contributed by atoms with Gasteiger partial charge in [-0.25, -0.2) is 0 Å². The molecule has 1 fully saturated rings. The number of hydrogen-bond acceptors (Lipinski definition) is 5. The Morgan fingerprint density at radius 1 is 0.892 bits per heavy atom. The first-order chi connectivity index (χ1) is 18.0. The summed E-state index contributed by atoms with van der Waals surface area (Å²) in [5.74, 6) is 0.913. The summed E-state index contributed by atoms with van der Waals surface area (Å²) in [6, 6.07) is 18.2.